The number of aromatic hydroxyl groups is 1. The maximum absolute atomic E-state index is 12.1. The Kier molecular flexibility index (Phi) is 5.59. The second-order valence-electron chi connectivity index (χ2n) is 4.47. The minimum absolute atomic E-state index is 0.0632. The van der Waals surface area contributed by atoms with Crippen LogP contribution in [0.3, 0.4) is 0 Å². The van der Waals surface area contributed by atoms with E-state index in [9.17, 15) is 9.90 Å². The molecule has 0 aliphatic heterocycles. The summed E-state index contributed by atoms with van der Waals surface area (Å²) in [6, 6.07) is 9.76. The molecule has 0 radical (unpaired) electrons. The van der Waals surface area contributed by atoms with Gasteiger partial charge in [-0.15, -0.1) is 0 Å². The minimum atomic E-state index is -0.435. The van der Waals surface area contributed by atoms with Crippen LogP contribution in [-0.4, -0.2) is 31.4 Å². The van der Waals surface area contributed by atoms with Gasteiger partial charge in [0.25, 0.3) is 5.91 Å². The number of hydrogen-bond acceptors (Lipinski definition) is 5. The molecule has 0 aliphatic carbocycles. The number of carbonyl (C=O) groups excluding carboxylic acids is 1. The number of halogens is 1. The molecule has 0 bridgehead atoms. The first kappa shape index (κ1) is 16.8. The second kappa shape index (κ2) is 7.64. The molecule has 2 aromatic rings. The van der Waals surface area contributed by atoms with Crippen molar-refractivity contribution in [3.05, 3.63) is 52.0 Å². The van der Waals surface area contributed by atoms with E-state index in [0.717, 1.165) is 4.47 Å². The van der Waals surface area contributed by atoms with Crippen LogP contribution in [0.2, 0.25) is 0 Å². The Morgan fingerprint density at radius 2 is 2.00 bits per heavy atom. The van der Waals surface area contributed by atoms with Crippen molar-refractivity contribution in [2.24, 2.45) is 5.10 Å². The Labute approximate surface area is 141 Å². The van der Waals surface area contributed by atoms with Gasteiger partial charge >= 0.3 is 0 Å². The first-order valence-electron chi connectivity index (χ1n) is 6.59. The molecule has 23 heavy (non-hydrogen) atoms. The third-order valence-corrected chi connectivity index (χ3v) is 3.51. The quantitative estimate of drug-likeness (QED) is 0.619. The van der Waals surface area contributed by atoms with Crippen molar-refractivity contribution >= 4 is 28.1 Å². The molecule has 2 aromatic carbocycles. The summed E-state index contributed by atoms with van der Waals surface area (Å²) in [5.74, 6) is 0.590. The van der Waals surface area contributed by atoms with Crippen LogP contribution in [0.5, 0.6) is 17.2 Å². The van der Waals surface area contributed by atoms with Gasteiger partial charge in [0.2, 0.25) is 0 Å². The molecule has 0 aliphatic rings. The van der Waals surface area contributed by atoms with Crippen molar-refractivity contribution in [2.45, 2.75) is 0 Å². The molecule has 0 saturated carbocycles. The second-order valence-corrected chi connectivity index (χ2v) is 5.38. The molecule has 0 fully saturated rings. The Morgan fingerprint density at radius 1 is 1.22 bits per heavy atom. The van der Waals surface area contributed by atoms with Crippen LogP contribution in [-0.2, 0) is 0 Å². The number of benzene rings is 2. The fourth-order valence-corrected chi connectivity index (χ4v) is 2.21. The normalized spacial score (nSPS) is 10.6. The Bertz CT molecular complexity index is 747. The minimum Gasteiger partial charge on any atom is -0.507 e. The number of hydrazone groups is 1. The molecule has 2 rings (SSSR count). The van der Waals surface area contributed by atoms with E-state index < -0.39 is 5.91 Å². The van der Waals surface area contributed by atoms with Crippen LogP contribution in [0.15, 0.2) is 46.0 Å². The molecular formula is C16H15BrN2O4. The van der Waals surface area contributed by atoms with Gasteiger partial charge in [0, 0.05) is 16.1 Å². The zero-order valence-corrected chi connectivity index (χ0v) is 14.1. The Morgan fingerprint density at radius 3 is 2.70 bits per heavy atom. The van der Waals surface area contributed by atoms with E-state index in [4.69, 9.17) is 9.47 Å². The van der Waals surface area contributed by atoms with Crippen LogP contribution in [0, 0.1) is 0 Å². The highest BCUT2D eigenvalue weighted by atomic mass is 79.9. The number of amides is 1. The van der Waals surface area contributed by atoms with Crippen molar-refractivity contribution in [3.63, 3.8) is 0 Å². The SMILES string of the molecule is COc1ccc(C(=O)N/N=C/c2cc(Br)ccc2O)c(OC)c1. The van der Waals surface area contributed by atoms with E-state index in [0.29, 0.717) is 22.6 Å². The van der Waals surface area contributed by atoms with Crippen LogP contribution in [0.25, 0.3) is 0 Å². The van der Waals surface area contributed by atoms with Gasteiger partial charge in [-0.2, -0.15) is 5.10 Å². The molecule has 0 heterocycles. The fourth-order valence-electron chi connectivity index (χ4n) is 1.84. The number of phenols is 1. The van der Waals surface area contributed by atoms with Crippen LogP contribution >= 0.6 is 15.9 Å². The van der Waals surface area contributed by atoms with Crippen molar-refractivity contribution in [3.8, 4) is 17.2 Å². The molecule has 6 nitrogen and oxygen atoms in total. The van der Waals surface area contributed by atoms with Crippen molar-refractivity contribution in [1.29, 1.82) is 0 Å². The summed E-state index contributed by atoms with van der Waals surface area (Å²) in [4.78, 5) is 12.1. The molecule has 0 spiro atoms. The number of hydrogen-bond donors (Lipinski definition) is 2. The van der Waals surface area contributed by atoms with Gasteiger partial charge in [-0.25, -0.2) is 5.43 Å². The number of carbonyl (C=O) groups is 1. The maximum atomic E-state index is 12.1. The lowest BCUT2D eigenvalue weighted by Crippen LogP contribution is -2.18. The Hall–Kier alpha value is -2.54. The lowest BCUT2D eigenvalue weighted by molar-refractivity contribution is 0.0952. The average molecular weight is 379 g/mol. The van der Waals surface area contributed by atoms with Gasteiger partial charge in [-0.1, -0.05) is 15.9 Å². The lowest BCUT2D eigenvalue weighted by atomic mass is 10.2. The molecule has 0 unspecified atom stereocenters. The number of rotatable bonds is 5. The first-order valence-corrected chi connectivity index (χ1v) is 7.38. The molecule has 7 heteroatoms. The third-order valence-electron chi connectivity index (χ3n) is 3.01. The standard InChI is InChI=1S/C16H15BrN2O4/c1-22-12-4-5-13(15(8-12)23-2)16(21)19-18-9-10-7-11(17)3-6-14(10)20/h3-9,20H,1-2H3,(H,19,21)/b18-9+. The molecule has 120 valence electrons. The van der Waals surface area contributed by atoms with E-state index in [1.165, 1.54) is 26.5 Å². The van der Waals surface area contributed by atoms with E-state index >= 15 is 0 Å². The monoisotopic (exact) mass is 378 g/mol. The van der Waals surface area contributed by atoms with Crippen LogP contribution < -0.4 is 14.9 Å². The molecule has 0 atom stereocenters. The number of phenolic OH excluding ortho intramolecular Hbond substituents is 1. The summed E-state index contributed by atoms with van der Waals surface area (Å²) in [5, 5.41) is 13.5. The highest BCUT2D eigenvalue weighted by Crippen LogP contribution is 2.24. The van der Waals surface area contributed by atoms with Gasteiger partial charge in [-0.05, 0) is 30.3 Å². The largest absolute Gasteiger partial charge is 0.507 e. The highest BCUT2D eigenvalue weighted by Gasteiger charge is 2.12. The van der Waals surface area contributed by atoms with Crippen molar-refractivity contribution in [1.82, 2.24) is 5.43 Å². The zero-order chi connectivity index (χ0) is 16.8. The predicted octanol–water partition coefficient (Wildman–Crippen LogP) is 2.94. The molecular weight excluding hydrogens is 364 g/mol. The van der Waals surface area contributed by atoms with Gasteiger partial charge in [0.05, 0.1) is 26.0 Å². The van der Waals surface area contributed by atoms with Crippen molar-refractivity contribution in [2.75, 3.05) is 14.2 Å². The summed E-state index contributed by atoms with van der Waals surface area (Å²) < 4.78 is 11.0. The maximum Gasteiger partial charge on any atom is 0.275 e. The first-order chi connectivity index (χ1) is 11.0. The summed E-state index contributed by atoms with van der Waals surface area (Å²) in [6.45, 7) is 0. The average Bonchev–Trinajstić information content (AvgIpc) is 2.57. The van der Waals surface area contributed by atoms with Gasteiger partial charge in [0.15, 0.2) is 0 Å². The highest BCUT2D eigenvalue weighted by molar-refractivity contribution is 9.10. The van der Waals surface area contributed by atoms with Gasteiger partial charge in [-0.3, -0.25) is 4.79 Å². The summed E-state index contributed by atoms with van der Waals surface area (Å²) in [7, 11) is 3.00. The number of ether oxygens (including phenoxy) is 2. The van der Waals surface area contributed by atoms with E-state index in [-0.39, 0.29) is 5.75 Å². The molecule has 2 N–H and O–H groups in total. The van der Waals surface area contributed by atoms with Crippen molar-refractivity contribution < 1.29 is 19.4 Å². The smallest absolute Gasteiger partial charge is 0.275 e. The van der Waals surface area contributed by atoms with Crippen LogP contribution in [0.4, 0.5) is 0 Å². The predicted molar refractivity (Wildman–Crippen MR) is 90.4 cm³/mol. The van der Waals surface area contributed by atoms with E-state index in [1.807, 2.05) is 0 Å². The van der Waals surface area contributed by atoms with E-state index in [1.54, 1.807) is 30.3 Å². The zero-order valence-electron chi connectivity index (χ0n) is 12.5. The van der Waals surface area contributed by atoms with Gasteiger partial charge in [0.1, 0.15) is 17.2 Å². The van der Waals surface area contributed by atoms with Gasteiger partial charge < -0.3 is 14.6 Å². The topological polar surface area (TPSA) is 80.2 Å². The number of nitrogens with zero attached hydrogens (tertiary/aromatic N) is 1. The molecule has 1 amide bonds. The third kappa shape index (κ3) is 4.23. The fraction of sp³-hybridized carbons (Fsp3) is 0.125. The summed E-state index contributed by atoms with van der Waals surface area (Å²) >= 11 is 3.30. The molecule has 0 saturated heterocycles. The summed E-state index contributed by atoms with van der Waals surface area (Å²) in [6.07, 6.45) is 1.36. The van der Waals surface area contributed by atoms with Crippen LogP contribution in [0.1, 0.15) is 15.9 Å². The lowest BCUT2D eigenvalue weighted by Gasteiger charge is -2.08. The van der Waals surface area contributed by atoms with E-state index in [2.05, 4.69) is 26.5 Å². The number of nitrogens with one attached hydrogen (secondary N) is 1. The summed E-state index contributed by atoms with van der Waals surface area (Å²) in [5.41, 5.74) is 3.19. The Balaban J connectivity index is 2.13. The number of methoxy groups -OCH3 is 2. The molecule has 0 aromatic heterocycles.